The van der Waals surface area contributed by atoms with Gasteiger partial charge in [0.05, 0.1) is 12.3 Å². The van der Waals surface area contributed by atoms with E-state index in [2.05, 4.69) is 10.3 Å². The Hall–Kier alpha value is -2.07. The van der Waals surface area contributed by atoms with Crippen LogP contribution in [0.4, 0.5) is 5.69 Å². The quantitative estimate of drug-likeness (QED) is 0.836. The molecule has 0 saturated heterocycles. The number of pyridine rings is 1. The maximum absolute atomic E-state index is 9.97. The fourth-order valence-electron chi connectivity index (χ4n) is 1.73. The van der Waals surface area contributed by atoms with Gasteiger partial charge in [0, 0.05) is 18.4 Å². The van der Waals surface area contributed by atoms with E-state index in [-0.39, 0.29) is 0 Å². The summed E-state index contributed by atoms with van der Waals surface area (Å²) in [4.78, 5) is 4.12. The minimum atomic E-state index is -0.618. The van der Waals surface area contributed by atoms with Gasteiger partial charge >= 0.3 is 0 Å². The molecule has 0 amide bonds. The molecule has 1 unspecified atom stereocenters. The van der Waals surface area contributed by atoms with Crippen molar-refractivity contribution in [3.63, 3.8) is 0 Å². The van der Waals surface area contributed by atoms with Crippen LogP contribution in [0.1, 0.15) is 18.7 Å². The van der Waals surface area contributed by atoms with Crippen molar-refractivity contribution in [1.82, 2.24) is 4.98 Å². The largest absolute Gasteiger partial charge is 0.494 e. The van der Waals surface area contributed by atoms with Crippen LogP contribution in [0, 0.1) is 0 Å². The summed E-state index contributed by atoms with van der Waals surface area (Å²) < 4.78 is 5.37. The molecule has 4 nitrogen and oxygen atoms in total. The molecule has 1 atom stereocenters. The van der Waals surface area contributed by atoms with Crippen LogP contribution in [0.15, 0.2) is 48.7 Å². The lowest BCUT2D eigenvalue weighted by atomic mass is 10.2. The fourth-order valence-corrected chi connectivity index (χ4v) is 1.73. The van der Waals surface area contributed by atoms with Gasteiger partial charge in [-0.3, -0.25) is 4.98 Å². The van der Waals surface area contributed by atoms with E-state index in [9.17, 15) is 5.11 Å². The number of nitrogens with zero attached hydrogens (tertiary/aromatic N) is 1. The second kappa shape index (κ2) is 6.75. The average molecular weight is 258 g/mol. The Labute approximate surface area is 113 Å². The van der Waals surface area contributed by atoms with E-state index in [0.29, 0.717) is 18.8 Å². The number of hydrogen-bond acceptors (Lipinski definition) is 4. The molecule has 100 valence electrons. The summed E-state index contributed by atoms with van der Waals surface area (Å²) in [6, 6.07) is 13.2. The highest BCUT2D eigenvalue weighted by atomic mass is 16.5. The molecule has 0 aliphatic carbocycles. The lowest BCUT2D eigenvalue weighted by Crippen LogP contribution is -2.13. The van der Waals surface area contributed by atoms with Crippen molar-refractivity contribution in [1.29, 1.82) is 0 Å². The standard InChI is InChI=1S/C15H18N2O2/c1-2-19-13-8-6-12(7-9-13)17-11-15(18)14-5-3-4-10-16-14/h3-10,15,17-18H,2,11H2,1H3. The number of rotatable bonds is 6. The monoisotopic (exact) mass is 258 g/mol. The number of benzene rings is 1. The number of aliphatic hydroxyl groups is 1. The van der Waals surface area contributed by atoms with Gasteiger partial charge in [-0.1, -0.05) is 6.07 Å². The first-order valence-corrected chi connectivity index (χ1v) is 6.35. The minimum absolute atomic E-state index is 0.422. The van der Waals surface area contributed by atoms with E-state index < -0.39 is 6.10 Å². The van der Waals surface area contributed by atoms with Crippen molar-refractivity contribution in [3.8, 4) is 5.75 Å². The molecule has 2 aromatic rings. The molecule has 4 heteroatoms. The summed E-state index contributed by atoms with van der Waals surface area (Å²) in [7, 11) is 0. The Balaban J connectivity index is 1.88. The van der Waals surface area contributed by atoms with E-state index in [1.807, 2.05) is 49.4 Å². The van der Waals surface area contributed by atoms with Crippen LogP contribution in [0.2, 0.25) is 0 Å². The van der Waals surface area contributed by atoms with Crippen LogP contribution in [0.5, 0.6) is 5.75 Å². The van der Waals surface area contributed by atoms with Gasteiger partial charge < -0.3 is 15.2 Å². The molecule has 0 spiro atoms. The van der Waals surface area contributed by atoms with Gasteiger partial charge in [0.2, 0.25) is 0 Å². The van der Waals surface area contributed by atoms with Crippen LogP contribution in [0.25, 0.3) is 0 Å². The third kappa shape index (κ3) is 3.96. The average Bonchev–Trinajstić information content (AvgIpc) is 2.47. The van der Waals surface area contributed by atoms with Gasteiger partial charge in [0.1, 0.15) is 11.9 Å². The molecule has 0 fully saturated rings. The molecule has 1 aromatic heterocycles. The zero-order chi connectivity index (χ0) is 13.5. The van der Waals surface area contributed by atoms with Gasteiger partial charge in [-0.15, -0.1) is 0 Å². The number of anilines is 1. The molecular weight excluding hydrogens is 240 g/mol. The van der Waals surface area contributed by atoms with Crippen molar-refractivity contribution < 1.29 is 9.84 Å². The second-order valence-electron chi connectivity index (χ2n) is 4.11. The van der Waals surface area contributed by atoms with Crippen LogP contribution in [0.3, 0.4) is 0 Å². The van der Waals surface area contributed by atoms with E-state index in [1.54, 1.807) is 6.20 Å². The number of aromatic nitrogens is 1. The number of aliphatic hydroxyl groups excluding tert-OH is 1. The third-order valence-electron chi connectivity index (χ3n) is 2.69. The summed E-state index contributed by atoms with van der Waals surface area (Å²) in [5.74, 6) is 0.846. The van der Waals surface area contributed by atoms with E-state index in [1.165, 1.54) is 0 Å². The summed E-state index contributed by atoms with van der Waals surface area (Å²) in [6.07, 6.45) is 1.06. The molecular formula is C15H18N2O2. The van der Waals surface area contributed by atoms with Crippen molar-refractivity contribution in [2.24, 2.45) is 0 Å². The van der Waals surface area contributed by atoms with Gasteiger partial charge in [0.15, 0.2) is 0 Å². The Morgan fingerprint density at radius 3 is 2.63 bits per heavy atom. The Kier molecular flexibility index (Phi) is 4.75. The normalized spacial score (nSPS) is 11.9. The van der Waals surface area contributed by atoms with E-state index in [4.69, 9.17) is 4.74 Å². The zero-order valence-electron chi connectivity index (χ0n) is 10.9. The third-order valence-corrected chi connectivity index (χ3v) is 2.69. The molecule has 1 aromatic carbocycles. The summed E-state index contributed by atoms with van der Waals surface area (Å²) in [5.41, 5.74) is 1.61. The van der Waals surface area contributed by atoms with Gasteiger partial charge in [0.25, 0.3) is 0 Å². The second-order valence-corrected chi connectivity index (χ2v) is 4.11. The first-order chi connectivity index (χ1) is 9.29. The maximum Gasteiger partial charge on any atom is 0.119 e. The summed E-state index contributed by atoms with van der Waals surface area (Å²) >= 11 is 0. The highest BCUT2D eigenvalue weighted by molar-refractivity contribution is 5.46. The van der Waals surface area contributed by atoms with Gasteiger partial charge in [-0.2, -0.15) is 0 Å². The van der Waals surface area contributed by atoms with Gasteiger partial charge in [-0.05, 0) is 43.3 Å². The molecule has 0 aliphatic heterocycles. The molecule has 0 aliphatic rings. The van der Waals surface area contributed by atoms with Crippen LogP contribution in [-0.2, 0) is 0 Å². The van der Waals surface area contributed by atoms with Crippen LogP contribution < -0.4 is 10.1 Å². The van der Waals surface area contributed by atoms with E-state index >= 15 is 0 Å². The zero-order valence-corrected chi connectivity index (χ0v) is 10.9. The fraction of sp³-hybridized carbons (Fsp3) is 0.267. The molecule has 2 rings (SSSR count). The molecule has 2 N–H and O–H groups in total. The predicted molar refractivity (Wildman–Crippen MR) is 75.3 cm³/mol. The SMILES string of the molecule is CCOc1ccc(NCC(O)c2ccccn2)cc1. The highest BCUT2D eigenvalue weighted by Crippen LogP contribution is 2.17. The van der Waals surface area contributed by atoms with Crippen molar-refractivity contribution in [2.45, 2.75) is 13.0 Å². The topological polar surface area (TPSA) is 54.4 Å². The van der Waals surface area contributed by atoms with Gasteiger partial charge in [-0.25, -0.2) is 0 Å². The maximum atomic E-state index is 9.97. The number of ether oxygens (including phenoxy) is 1. The lowest BCUT2D eigenvalue weighted by Gasteiger charge is -2.12. The molecule has 0 saturated carbocycles. The Morgan fingerprint density at radius 2 is 2.00 bits per heavy atom. The molecule has 0 radical (unpaired) electrons. The van der Waals surface area contributed by atoms with Crippen LogP contribution >= 0.6 is 0 Å². The highest BCUT2D eigenvalue weighted by Gasteiger charge is 2.07. The molecule has 19 heavy (non-hydrogen) atoms. The molecule has 0 bridgehead atoms. The molecule has 1 heterocycles. The number of nitrogens with one attached hydrogen (secondary N) is 1. The first kappa shape index (κ1) is 13.4. The summed E-state index contributed by atoms with van der Waals surface area (Å²) in [6.45, 7) is 3.03. The van der Waals surface area contributed by atoms with Crippen LogP contribution in [-0.4, -0.2) is 23.2 Å². The van der Waals surface area contributed by atoms with E-state index in [0.717, 1.165) is 11.4 Å². The number of hydrogen-bond donors (Lipinski definition) is 2. The van der Waals surface area contributed by atoms with Crippen molar-refractivity contribution in [2.75, 3.05) is 18.5 Å². The van der Waals surface area contributed by atoms with Crippen molar-refractivity contribution >= 4 is 5.69 Å². The summed E-state index contributed by atoms with van der Waals surface area (Å²) in [5, 5.41) is 13.1. The Bertz CT molecular complexity index is 485. The van der Waals surface area contributed by atoms with Crippen molar-refractivity contribution in [3.05, 3.63) is 54.4 Å². The smallest absolute Gasteiger partial charge is 0.119 e. The predicted octanol–water partition coefficient (Wildman–Crippen LogP) is 2.63. The lowest BCUT2D eigenvalue weighted by molar-refractivity contribution is 0.187. The minimum Gasteiger partial charge on any atom is -0.494 e. The Morgan fingerprint density at radius 1 is 1.21 bits per heavy atom. The first-order valence-electron chi connectivity index (χ1n) is 6.35.